The molecule has 1 amide bonds. The molecule has 0 saturated heterocycles. The van der Waals surface area contributed by atoms with Gasteiger partial charge in [0.05, 0.1) is 15.7 Å². The molecule has 0 radical (unpaired) electrons. The minimum absolute atomic E-state index is 0.0990. The summed E-state index contributed by atoms with van der Waals surface area (Å²) in [6.07, 6.45) is 7.77. The highest BCUT2D eigenvalue weighted by Crippen LogP contribution is 2.22. The highest BCUT2D eigenvalue weighted by Gasteiger charge is 2.01. The number of hydrogen-bond acceptors (Lipinski definition) is 3. The Kier molecular flexibility index (Phi) is 5.61. The minimum atomic E-state index is -0.0990. The number of carbonyl (C=O) groups excluding carboxylic acids is 1. The lowest BCUT2D eigenvalue weighted by Crippen LogP contribution is -2.23. The second kappa shape index (κ2) is 8.08. The number of hydrogen-bond donors (Lipinski definition) is 1. The van der Waals surface area contributed by atoms with Crippen LogP contribution < -0.4 is 5.32 Å². The quantitative estimate of drug-likeness (QED) is 0.632. The van der Waals surface area contributed by atoms with Crippen LogP contribution in [0.2, 0.25) is 0 Å². The largest absolute Gasteiger partial charge is 0.352 e. The van der Waals surface area contributed by atoms with Gasteiger partial charge in [0.25, 0.3) is 0 Å². The van der Waals surface area contributed by atoms with Gasteiger partial charge >= 0.3 is 0 Å². The Morgan fingerprint density at radius 2 is 2.08 bits per heavy atom. The van der Waals surface area contributed by atoms with Crippen LogP contribution in [0.4, 0.5) is 0 Å². The molecular formula is C18H16BrN3OS. The topological polar surface area (TPSA) is 46.9 Å². The highest BCUT2D eigenvalue weighted by molar-refractivity contribution is 9.11. The van der Waals surface area contributed by atoms with Crippen molar-refractivity contribution in [2.75, 3.05) is 6.54 Å². The van der Waals surface area contributed by atoms with Gasteiger partial charge in [0.1, 0.15) is 0 Å². The molecule has 0 aliphatic heterocycles. The Balaban J connectivity index is 1.50. The molecule has 0 spiro atoms. The van der Waals surface area contributed by atoms with Gasteiger partial charge in [0.2, 0.25) is 5.91 Å². The van der Waals surface area contributed by atoms with Gasteiger partial charge in [-0.3, -0.25) is 4.79 Å². The summed E-state index contributed by atoms with van der Waals surface area (Å²) in [5, 5.41) is 7.19. The number of halogens is 1. The summed E-state index contributed by atoms with van der Waals surface area (Å²) in [7, 11) is 0. The van der Waals surface area contributed by atoms with Crippen LogP contribution in [-0.2, 0) is 11.2 Å². The third kappa shape index (κ3) is 4.66. The van der Waals surface area contributed by atoms with Crippen molar-refractivity contribution in [1.29, 1.82) is 0 Å². The molecule has 0 bridgehead atoms. The number of amides is 1. The summed E-state index contributed by atoms with van der Waals surface area (Å²) in [6.45, 7) is 0.624. The summed E-state index contributed by atoms with van der Waals surface area (Å²) in [6, 6.07) is 13.9. The minimum Gasteiger partial charge on any atom is -0.352 e. The van der Waals surface area contributed by atoms with Gasteiger partial charge < -0.3 is 5.32 Å². The smallest absolute Gasteiger partial charge is 0.244 e. The average Bonchev–Trinajstić information content (AvgIpc) is 3.23. The van der Waals surface area contributed by atoms with E-state index in [9.17, 15) is 4.79 Å². The van der Waals surface area contributed by atoms with Crippen molar-refractivity contribution in [1.82, 2.24) is 15.1 Å². The van der Waals surface area contributed by atoms with Crippen LogP contribution in [0, 0.1) is 0 Å². The van der Waals surface area contributed by atoms with E-state index in [2.05, 4.69) is 32.4 Å². The van der Waals surface area contributed by atoms with Crippen molar-refractivity contribution in [3.8, 4) is 5.69 Å². The van der Waals surface area contributed by atoms with Crippen LogP contribution in [-0.4, -0.2) is 22.2 Å². The molecule has 1 aromatic carbocycles. The summed E-state index contributed by atoms with van der Waals surface area (Å²) >= 11 is 5.12. The summed E-state index contributed by atoms with van der Waals surface area (Å²) < 4.78 is 2.89. The normalized spacial score (nSPS) is 11.0. The summed E-state index contributed by atoms with van der Waals surface area (Å²) in [5.41, 5.74) is 1.87. The van der Waals surface area contributed by atoms with E-state index in [0.29, 0.717) is 6.54 Å². The first-order valence-electron chi connectivity index (χ1n) is 7.51. The first kappa shape index (κ1) is 16.7. The second-order valence-electron chi connectivity index (χ2n) is 5.13. The molecule has 0 unspecified atom stereocenters. The first-order chi connectivity index (χ1) is 11.7. The van der Waals surface area contributed by atoms with Gasteiger partial charge in [-0.2, -0.15) is 5.10 Å². The van der Waals surface area contributed by atoms with Crippen LogP contribution in [0.1, 0.15) is 10.4 Å². The number of carbonyl (C=O) groups is 1. The van der Waals surface area contributed by atoms with E-state index in [0.717, 1.165) is 21.5 Å². The van der Waals surface area contributed by atoms with Crippen molar-refractivity contribution in [3.05, 3.63) is 75.2 Å². The maximum atomic E-state index is 11.9. The van der Waals surface area contributed by atoms with E-state index in [1.54, 1.807) is 28.3 Å². The molecule has 24 heavy (non-hydrogen) atoms. The molecule has 0 saturated carbocycles. The molecule has 0 aliphatic carbocycles. The number of nitrogens with one attached hydrogen (secondary N) is 1. The van der Waals surface area contributed by atoms with Crippen molar-refractivity contribution >= 4 is 39.2 Å². The fourth-order valence-corrected chi connectivity index (χ4v) is 3.65. The SMILES string of the molecule is O=C(/C=C/c1cnn(-c2ccccc2)c1)NCCc1ccc(Br)s1. The van der Waals surface area contributed by atoms with E-state index in [-0.39, 0.29) is 5.91 Å². The third-order valence-corrected chi connectivity index (χ3v) is 5.03. The molecule has 4 nitrogen and oxygen atoms in total. The Hall–Kier alpha value is -2.18. The van der Waals surface area contributed by atoms with Gasteiger partial charge in [0.15, 0.2) is 0 Å². The number of para-hydroxylation sites is 1. The van der Waals surface area contributed by atoms with Gasteiger partial charge in [0, 0.05) is 29.3 Å². The van der Waals surface area contributed by atoms with Crippen molar-refractivity contribution in [2.45, 2.75) is 6.42 Å². The number of aromatic nitrogens is 2. The lowest BCUT2D eigenvalue weighted by atomic mass is 10.3. The summed E-state index contributed by atoms with van der Waals surface area (Å²) in [4.78, 5) is 13.1. The molecule has 2 heterocycles. The van der Waals surface area contributed by atoms with Gasteiger partial charge in [-0.25, -0.2) is 4.68 Å². The summed E-state index contributed by atoms with van der Waals surface area (Å²) in [5.74, 6) is -0.0990. The van der Waals surface area contributed by atoms with E-state index < -0.39 is 0 Å². The average molecular weight is 402 g/mol. The monoisotopic (exact) mass is 401 g/mol. The Labute approximate surface area is 153 Å². The van der Waals surface area contributed by atoms with E-state index in [1.165, 1.54) is 11.0 Å². The number of nitrogens with zero attached hydrogens (tertiary/aromatic N) is 2. The number of benzene rings is 1. The predicted octanol–water partition coefficient (Wildman–Crippen LogP) is 4.07. The Morgan fingerprint density at radius 1 is 1.25 bits per heavy atom. The fourth-order valence-electron chi connectivity index (χ4n) is 2.17. The zero-order chi connectivity index (χ0) is 16.8. The Bertz CT molecular complexity index is 839. The maximum Gasteiger partial charge on any atom is 0.244 e. The van der Waals surface area contributed by atoms with Gasteiger partial charge in [-0.1, -0.05) is 18.2 Å². The predicted molar refractivity (Wildman–Crippen MR) is 101 cm³/mol. The van der Waals surface area contributed by atoms with Crippen molar-refractivity contribution < 1.29 is 4.79 Å². The molecule has 3 aromatic rings. The van der Waals surface area contributed by atoms with E-state index >= 15 is 0 Å². The molecule has 2 aromatic heterocycles. The Morgan fingerprint density at radius 3 is 2.83 bits per heavy atom. The lowest BCUT2D eigenvalue weighted by Gasteiger charge is -2.00. The maximum absolute atomic E-state index is 11.9. The number of thiophene rings is 1. The molecular weight excluding hydrogens is 386 g/mol. The zero-order valence-corrected chi connectivity index (χ0v) is 15.3. The van der Waals surface area contributed by atoms with Crippen molar-refractivity contribution in [3.63, 3.8) is 0 Å². The first-order valence-corrected chi connectivity index (χ1v) is 9.12. The molecule has 1 N–H and O–H groups in total. The zero-order valence-electron chi connectivity index (χ0n) is 12.9. The second-order valence-corrected chi connectivity index (χ2v) is 7.68. The number of rotatable bonds is 6. The molecule has 122 valence electrons. The highest BCUT2D eigenvalue weighted by atomic mass is 79.9. The van der Waals surface area contributed by atoms with Gasteiger partial charge in [-0.15, -0.1) is 11.3 Å². The van der Waals surface area contributed by atoms with Crippen LogP contribution >= 0.6 is 27.3 Å². The molecule has 3 rings (SSSR count). The van der Waals surface area contributed by atoms with Crippen molar-refractivity contribution in [2.24, 2.45) is 0 Å². The molecule has 0 fully saturated rings. The van der Waals surface area contributed by atoms with Crippen LogP contribution in [0.3, 0.4) is 0 Å². The molecule has 0 aliphatic rings. The third-order valence-electron chi connectivity index (χ3n) is 3.35. The molecule has 6 heteroatoms. The van der Waals surface area contributed by atoms with Crippen LogP contribution in [0.5, 0.6) is 0 Å². The lowest BCUT2D eigenvalue weighted by molar-refractivity contribution is -0.116. The fraction of sp³-hybridized carbons (Fsp3) is 0.111. The molecule has 0 atom stereocenters. The standard InChI is InChI=1S/C18H16BrN3OS/c19-17-8-7-16(24-17)10-11-20-18(23)9-6-14-12-21-22(13-14)15-4-2-1-3-5-15/h1-9,12-13H,10-11H2,(H,20,23)/b9-6+. The van der Waals surface area contributed by atoms with Crippen LogP contribution in [0.25, 0.3) is 11.8 Å². The van der Waals surface area contributed by atoms with E-state index in [1.807, 2.05) is 42.6 Å². The van der Waals surface area contributed by atoms with Gasteiger partial charge in [-0.05, 0) is 52.7 Å². The van der Waals surface area contributed by atoms with E-state index in [4.69, 9.17) is 0 Å². The van der Waals surface area contributed by atoms with Crippen LogP contribution in [0.15, 0.2) is 64.7 Å².